The third-order valence-corrected chi connectivity index (χ3v) is 4.17. The van der Waals surface area contributed by atoms with E-state index in [0.29, 0.717) is 11.3 Å². The van der Waals surface area contributed by atoms with Crippen LogP contribution in [0.3, 0.4) is 0 Å². The minimum Gasteiger partial charge on any atom is -0.335 e. The van der Waals surface area contributed by atoms with Crippen molar-refractivity contribution in [3.63, 3.8) is 0 Å². The number of nitrogens with zero attached hydrogens (tertiary/aromatic N) is 1. The van der Waals surface area contributed by atoms with Gasteiger partial charge in [-0.05, 0) is 37.6 Å². The Bertz CT molecular complexity index is 944. The molecule has 2 aromatic carbocycles. The third-order valence-electron chi connectivity index (χ3n) is 4.17. The van der Waals surface area contributed by atoms with Crippen LogP contribution in [0.1, 0.15) is 21.6 Å². The smallest absolute Gasteiger partial charge is 0.244 e. The Kier molecular flexibility index (Phi) is 4.16. The first-order valence-corrected chi connectivity index (χ1v) is 7.60. The van der Waals surface area contributed by atoms with Crippen LogP contribution in [-0.2, 0) is 11.3 Å². The maximum Gasteiger partial charge on any atom is 0.244 e. The molecule has 0 fully saturated rings. The van der Waals surface area contributed by atoms with Crippen molar-refractivity contribution in [3.05, 3.63) is 65.1 Å². The van der Waals surface area contributed by atoms with Gasteiger partial charge in [0.05, 0.1) is 0 Å². The van der Waals surface area contributed by atoms with Gasteiger partial charge in [0.2, 0.25) is 5.91 Å². The third kappa shape index (κ3) is 2.80. The van der Waals surface area contributed by atoms with E-state index < -0.39 is 5.82 Å². The lowest BCUT2D eigenvalue weighted by atomic mass is 10.1. The van der Waals surface area contributed by atoms with E-state index in [1.54, 1.807) is 17.6 Å². The van der Waals surface area contributed by atoms with Crippen molar-refractivity contribution < 1.29 is 14.0 Å². The quantitative estimate of drug-likeness (QED) is 0.741. The van der Waals surface area contributed by atoms with E-state index in [1.807, 2.05) is 31.2 Å². The molecule has 0 saturated heterocycles. The highest BCUT2D eigenvalue weighted by atomic mass is 19.1. The number of rotatable bonds is 4. The van der Waals surface area contributed by atoms with E-state index in [9.17, 15) is 14.0 Å². The van der Waals surface area contributed by atoms with Gasteiger partial charge >= 0.3 is 0 Å². The molecule has 0 saturated carbocycles. The fraction of sp³-hybridized carbons (Fsp3) is 0.158. The molecule has 0 aliphatic carbocycles. The highest BCUT2D eigenvalue weighted by molar-refractivity contribution is 6.00. The van der Waals surface area contributed by atoms with E-state index in [2.05, 4.69) is 5.32 Å². The van der Waals surface area contributed by atoms with Crippen molar-refractivity contribution >= 4 is 28.8 Å². The van der Waals surface area contributed by atoms with E-state index in [1.165, 1.54) is 12.1 Å². The Morgan fingerprint density at radius 1 is 1.21 bits per heavy atom. The van der Waals surface area contributed by atoms with E-state index in [4.69, 9.17) is 0 Å². The predicted molar refractivity (Wildman–Crippen MR) is 91.8 cm³/mol. The van der Waals surface area contributed by atoms with Crippen LogP contribution in [0, 0.1) is 19.7 Å². The molecule has 1 aromatic heterocycles. The topological polar surface area (TPSA) is 51.1 Å². The molecule has 0 aliphatic rings. The van der Waals surface area contributed by atoms with Crippen LogP contribution < -0.4 is 5.32 Å². The normalized spacial score (nSPS) is 10.8. The van der Waals surface area contributed by atoms with Crippen LogP contribution in [0.2, 0.25) is 0 Å². The molecule has 3 aromatic rings. The minimum absolute atomic E-state index is 0.0517. The predicted octanol–water partition coefficient (Wildman–Crippen LogP) is 3.85. The molecule has 0 radical (unpaired) electrons. The molecule has 0 bridgehead atoms. The summed E-state index contributed by atoms with van der Waals surface area (Å²) >= 11 is 0. The van der Waals surface area contributed by atoms with Crippen molar-refractivity contribution in [2.75, 3.05) is 5.32 Å². The first-order valence-electron chi connectivity index (χ1n) is 7.60. The molecule has 4 nitrogen and oxygen atoms in total. The van der Waals surface area contributed by atoms with Gasteiger partial charge in [-0.15, -0.1) is 0 Å². The summed E-state index contributed by atoms with van der Waals surface area (Å²) in [6.07, 6.45) is 0.808. The Morgan fingerprint density at radius 2 is 1.96 bits per heavy atom. The Hall–Kier alpha value is -2.95. The molecule has 24 heavy (non-hydrogen) atoms. The van der Waals surface area contributed by atoms with Crippen molar-refractivity contribution in [1.29, 1.82) is 0 Å². The number of fused-ring (bicyclic) bond motifs is 1. The number of halogens is 1. The fourth-order valence-electron chi connectivity index (χ4n) is 2.87. The second-order valence-corrected chi connectivity index (χ2v) is 5.73. The number of hydrogen-bond donors (Lipinski definition) is 1. The molecule has 0 unspecified atom stereocenters. The number of para-hydroxylation sites is 1. The second kappa shape index (κ2) is 6.28. The van der Waals surface area contributed by atoms with Crippen LogP contribution in [0.5, 0.6) is 0 Å². The zero-order valence-electron chi connectivity index (χ0n) is 13.5. The Balaban J connectivity index is 1.92. The first kappa shape index (κ1) is 15.9. The summed E-state index contributed by atoms with van der Waals surface area (Å²) in [5.41, 5.74) is 3.37. The fourth-order valence-corrected chi connectivity index (χ4v) is 2.87. The molecule has 1 amide bonds. The van der Waals surface area contributed by atoms with E-state index in [-0.39, 0.29) is 12.5 Å². The monoisotopic (exact) mass is 324 g/mol. The molecule has 5 heteroatoms. The van der Waals surface area contributed by atoms with Crippen LogP contribution in [0.25, 0.3) is 10.9 Å². The number of anilines is 1. The highest BCUT2D eigenvalue weighted by Gasteiger charge is 2.15. The number of nitrogens with one attached hydrogen (secondary N) is 1. The van der Waals surface area contributed by atoms with Gasteiger partial charge in [0.15, 0.2) is 6.29 Å². The van der Waals surface area contributed by atoms with Crippen molar-refractivity contribution in [2.24, 2.45) is 0 Å². The summed E-state index contributed by atoms with van der Waals surface area (Å²) in [4.78, 5) is 23.8. The summed E-state index contributed by atoms with van der Waals surface area (Å²) < 4.78 is 15.1. The van der Waals surface area contributed by atoms with Gasteiger partial charge in [-0.3, -0.25) is 9.59 Å². The van der Waals surface area contributed by atoms with Crippen molar-refractivity contribution in [1.82, 2.24) is 4.57 Å². The lowest BCUT2D eigenvalue weighted by molar-refractivity contribution is -0.116. The van der Waals surface area contributed by atoms with Gasteiger partial charge in [0, 0.05) is 27.8 Å². The number of aromatic nitrogens is 1. The van der Waals surface area contributed by atoms with E-state index in [0.717, 1.165) is 28.4 Å². The highest BCUT2D eigenvalue weighted by Crippen LogP contribution is 2.24. The van der Waals surface area contributed by atoms with Gasteiger partial charge < -0.3 is 9.88 Å². The average molecular weight is 324 g/mol. The molecule has 0 atom stereocenters. The molecule has 0 spiro atoms. The maximum atomic E-state index is 13.4. The molecular weight excluding hydrogens is 307 g/mol. The van der Waals surface area contributed by atoms with Crippen LogP contribution in [0.4, 0.5) is 10.1 Å². The van der Waals surface area contributed by atoms with Gasteiger partial charge in [-0.1, -0.05) is 24.3 Å². The summed E-state index contributed by atoms with van der Waals surface area (Å²) in [6.45, 7) is 3.66. The number of carbonyl (C=O) groups excluding carboxylic acids is 2. The lowest BCUT2D eigenvalue weighted by Crippen LogP contribution is -2.20. The molecule has 0 aliphatic heterocycles. The molecule has 122 valence electrons. The number of aldehydes is 1. The summed E-state index contributed by atoms with van der Waals surface area (Å²) in [5, 5.41) is 3.55. The van der Waals surface area contributed by atoms with Crippen molar-refractivity contribution in [2.45, 2.75) is 20.4 Å². The molecule has 1 N–H and O–H groups in total. The number of amides is 1. The van der Waals surface area contributed by atoms with Crippen molar-refractivity contribution in [3.8, 4) is 0 Å². The maximum absolute atomic E-state index is 13.4. The lowest BCUT2D eigenvalue weighted by Gasteiger charge is -2.11. The SMILES string of the molecule is Cc1ccc(F)cc1NC(=O)Cn1c(C)c(C=O)c2ccccc21. The zero-order valence-corrected chi connectivity index (χ0v) is 13.5. The summed E-state index contributed by atoms with van der Waals surface area (Å²) in [6, 6.07) is 11.7. The van der Waals surface area contributed by atoms with Gasteiger partial charge in [0.25, 0.3) is 0 Å². The Morgan fingerprint density at radius 3 is 2.71 bits per heavy atom. The zero-order chi connectivity index (χ0) is 17.3. The van der Waals surface area contributed by atoms with Gasteiger partial charge in [-0.25, -0.2) is 4.39 Å². The average Bonchev–Trinajstić information content (AvgIpc) is 2.83. The second-order valence-electron chi connectivity index (χ2n) is 5.73. The minimum atomic E-state index is -0.401. The van der Waals surface area contributed by atoms with E-state index >= 15 is 0 Å². The largest absolute Gasteiger partial charge is 0.335 e. The number of aryl methyl sites for hydroxylation is 1. The number of carbonyl (C=O) groups is 2. The van der Waals surface area contributed by atoms with Gasteiger partial charge in [0.1, 0.15) is 12.4 Å². The molecular formula is C19H17FN2O2. The van der Waals surface area contributed by atoms with Crippen LogP contribution >= 0.6 is 0 Å². The van der Waals surface area contributed by atoms with Crippen LogP contribution in [-0.4, -0.2) is 16.8 Å². The summed E-state index contributed by atoms with van der Waals surface area (Å²) in [5.74, 6) is -0.674. The molecule has 3 rings (SSSR count). The number of hydrogen-bond acceptors (Lipinski definition) is 2. The first-order chi connectivity index (χ1) is 11.5. The summed E-state index contributed by atoms with van der Waals surface area (Å²) in [7, 11) is 0. The van der Waals surface area contributed by atoms with Gasteiger partial charge in [-0.2, -0.15) is 0 Å². The number of benzene rings is 2. The molecule has 1 heterocycles. The van der Waals surface area contributed by atoms with Crippen LogP contribution in [0.15, 0.2) is 42.5 Å². The standard InChI is InChI=1S/C19H17FN2O2/c1-12-7-8-14(20)9-17(12)21-19(24)10-22-13(2)16(11-23)15-5-3-4-6-18(15)22/h3-9,11H,10H2,1-2H3,(H,21,24). The Labute approximate surface area is 138 Å².